The summed E-state index contributed by atoms with van der Waals surface area (Å²) in [5.41, 5.74) is 0.334. The van der Waals surface area contributed by atoms with Gasteiger partial charge < -0.3 is 21.1 Å². The predicted molar refractivity (Wildman–Crippen MR) is 84.9 cm³/mol. The van der Waals surface area contributed by atoms with Crippen molar-refractivity contribution in [3.63, 3.8) is 0 Å². The van der Waals surface area contributed by atoms with E-state index in [0.29, 0.717) is 6.07 Å². The maximum Gasteiger partial charge on any atom is 0.323 e. The van der Waals surface area contributed by atoms with Crippen molar-refractivity contribution in [2.45, 2.75) is 0 Å². The fraction of sp³-hybridized carbons (Fsp3) is 0.125. The molecule has 0 spiro atoms. The number of amides is 3. The van der Waals surface area contributed by atoms with Gasteiger partial charge in [0.2, 0.25) is 0 Å². The van der Waals surface area contributed by atoms with E-state index in [1.54, 1.807) is 12.1 Å². The SMILES string of the molecule is O=C(Nc1cc(F)cc(F)c1)Nc1ccccc1C(=O)NCCO. The molecule has 0 atom stereocenters. The molecule has 0 heterocycles. The van der Waals surface area contributed by atoms with Crippen LogP contribution in [0, 0.1) is 11.6 Å². The third kappa shape index (κ3) is 4.75. The van der Waals surface area contributed by atoms with Crippen molar-refractivity contribution in [3.8, 4) is 0 Å². The van der Waals surface area contributed by atoms with Gasteiger partial charge >= 0.3 is 6.03 Å². The van der Waals surface area contributed by atoms with Gasteiger partial charge in [0.25, 0.3) is 5.91 Å². The molecule has 2 aromatic carbocycles. The Morgan fingerprint density at radius 3 is 2.33 bits per heavy atom. The van der Waals surface area contributed by atoms with Crippen molar-refractivity contribution in [1.82, 2.24) is 5.32 Å². The number of rotatable bonds is 5. The zero-order chi connectivity index (χ0) is 17.5. The second kappa shape index (κ2) is 8.02. The molecule has 0 aliphatic carbocycles. The number of aliphatic hydroxyl groups excluding tert-OH is 1. The molecule has 2 rings (SSSR count). The van der Waals surface area contributed by atoms with Crippen molar-refractivity contribution in [3.05, 3.63) is 59.7 Å². The molecule has 0 saturated carbocycles. The fourth-order valence-corrected chi connectivity index (χ4v) is 1.97. The van der Waals surface area contributed by atoms with Crippen LogP contribution in [-0.4, -0.2) is 30.2 Å². The lowest BCUT2D eigenvalue weighted by atomic mass is 10.1. The van der Waals surface area contributed by atoms with Gasteiger partial charge in [-0.1, -0.05) is 12.1 Å². The first-order valence-corrected chi connectivity index (χ1v) is 7.02. The molecule has 0 bridgehead atoms. The number of nitrogens with one attached hydrogen (secondary N) is 3. The Kier molecular flexibility index (Phi) is 5.80. The maximum atomic E-state index is 13.1. The van der Waals surface area contributed by atoms with Crippen LogP contribution in [0.4, 0.5) is 25.0 Å². The minimum Gasteiger partial charge on any atom is -0.395 e. The second-order valence-electron chi connectivity index (χ2n) is 4.76. The van der Waals surface area contributed by atoms with E-state index in [1.165, 1.54) is 12.1 Å². The molecule has 3 amide bonds. The summed E-state index contributed by atoms with van der Waals surface area (Å²) in [6, 6.07) is 8.06. The van der Waals surface area contributed by atoms with Gasteiger partial charge in [-0.2, -0.15) is 0 Å². The Balaban J connectivity index is 2.10. The van der Waals surface area contributed by atoms with Crippen molar-refractivity contribution >= 4 is 23.3 Å². The topological polar surface area (TPSA) is 90.5 Å². The van der Waals surface area contributed by atoms with Crippen LogP contribution in [0.5, 0.6) is 0 Å². The fourth-order valence-electron chi connectivity index (χ4n) is 1.97. The number of hydrogen-bond acceptors (Lipinski definition) is 3. The number of para-hydroxylation sites is 1. The van der Waals surface area contributed by atoms with Crippen LogP contribution in [0.15, 0.2) is 42.5 Å². The second-order valence-corrected chi connectivity index (χ2v) is 4.76. The Bertz CT molecular complexity index is 733. The van der Waals surface area contributed by atoms with Crippen LogP contribution >= 0.6 is 0 Å². The van der Waals surface area contributed by atoms with Gasteiger partial charge in [0.05, 0.1) is 17.9 Å². The lowest BCUT2D eigenvalue weighted by Gasteiger charge is -2.12. The lowest BCUT2D eigenvalue weighted by Crippen LogP contribution is -2.28. The van der Waals surface area contributed by atoms with Crippen LogP contribution in [0.2, 0.25) is 0 Å². The Hall–Kier alpha value is -3.00. The molecular weight excluding hydrogens is 320 g/mol. The predicted octanol–water partition coefficient (Wildman–Crippen LogP) is 2.33. The summed E-state index contributed by atoms with van der Waals surface area (Å²) in [5, 5.41) is 15.9. The highest BCUT2D eigenvalue weighted by Crippen LogP contribution is 2.17. The number of hydrogen-bond donors (Lipinski definition) is 4. The van der Waals surface area contributed by atoms with Crippen LogP contribution in [0.25, 0.3) is 0 Å². The zero-order valence-electron chi connectivity index (χ0n) is 12.5. The summed E-state index contributed by atoms with van der Waals surface area (Å²) in [6.07, 6.45) is 0. The molecule has 2 aromatic rings. The Labute approximate surface area is 136 Å². The van der Waals surface area contributed by atoms with Gasteiger partial charge in [-0.05, 0) is 24.3 Å². The number of anilines is 2. The number of halogens is 2. The van der Waals surface area contributed by atoms with Crippen LogP contribution in [-0.2, 0) is 0 Å². The standard InChI is InChI=1S/C16H15F2N3O3/c17-10-7-11(18)9-12(8-10)20-16(24)21-14-4-2-1-3-13(14)15(23)19-5-6-22/h1-4,7-9,22H,5-6H2,(H,19,23)(H2,20,21,24). The molecule has 0 aliphatic rings. The van der Waals surface area contributed by atoms with E-state index in [4.69, 9.17) is 5.11 Å². The molecule has 4 N–H and O–H groups in total. The molecule has 0 radical (unpaired) electrons. The largest absolute Gasteiger partial charge is 0.395 e. The molecule has 0 unspecified atom stereocenters. The number of carbonyl (C=O) groups excluding carboxylic acids is 2. The summed E-state index contributed by atoms with van der Waals surface area (Å²) in [5.74, 6) is -2.13. The third-order valence-electron chi connectivity index (χ3n) is 2.94. The summed E-state index contributed by atoms with van der Waals surface area (Å²) < 4.78 is 26.2. The van der Waals surface area contributed by atoms with Gasteiger partial charge in [-0.3, -0.25) is 4.79 Å². The average Bonchev–Trinajstić information content (AvgIpc) is 2.52. The lowest BCUT2D eigenvalue weighted by molar-refractivity contribution is 0.0945. The maximum absolute atomic E-state index is 13.1. The molecule has 0 fully saturated rings. The van der Waals surface area contributed by atoms with Crippen LogP contribution in [0.1, 0.15) is 10.4 Å². The highest BCUT2D eigenvalue weighted by atomic mass is 19.1. The number of urea groups is 1. The van der Waals surface area contributed by atoms with Crippen LogP contribution in [0.3, 0.4) is 0 Å². The van der Waals surface area contributed by atoms with E-state index in [0.717, 1.165) is 12.1 Å². The first-order valence-electron chi connectivity index (χ1n) is 7.02. The van der Waals surface area contributed by atoms with E-state index < -0.39 is 23.6 Å². The highest BCUT2D eigenvalue weighted by Gasteiger charge is 2.13. The third-order valence-corrected chi connectivity index (χ3v) is 2.94. The van der Waals surface area contributed by atoms with Gasteiger partial charge in [0.15, 0.2) is 0 Å². The molecule has 8 heteroatoms. The Morgan fingerprint density at radius 1 is 1.00 bits per heavy atom. The van der Waals surface area contributed by atoms with Gasteiger partial charge in [0.1, 0.15) is 11.6 Å². The van der Waals surface area contributed by atoms with Crippen molar-refractivity contribution in [1.29, 1.82) is 0 Å². The number of benzene rings is 2. The molecular formula is C16H15F2N3O3. The van der Waals surface area contributed by atoms with E-state index in [9.17, 15) is 18.4 Å². The average molecular weight is 335 g/mol. The normalized spacial score (nSPS) is 10.1. The van der Waals surface area contributed by atoms with E-state index >= 15 is 0 Å². The minimum absolute atomic E-state index is 0.0628. The Morgan fingerprint density at radius 2 is 1.67 bits per heavy atom. The smallest absolute Gasteiger partial charge is 0.323 e. The molecule has 0 aliphatic heterocycles. The quantitative estimate of drug-likeness (QED) is 0.676. The summed E-state index contributed by atoms with van der Waals surface area (Å²) in [4.78, 5) is 23.9. The summed E-state index contributed by atoms with van der Waals surface area (Å²) in [7, 11) is 0. The van der Waals surface area contributed by atoms with Crippen LogP contribution < -0.4 is 16.0 Å². The molecule has 6 nitrogen and oxygen atoms in total. The van der Waals surface area contributed by atoms with Gasteiger partial charge in [0, 0.05) is 18.3 Å². The van der Waals surface area contributed by atoms with E-state index in [2.05, 4.69) is 16.0 Å². The molecule has 0 aromatic heterocycles. The number of carbonyl (C=O) groups is 2. The number of aliphatic hydroxyl groups is 1. The van der Waals surface area contributed by atoms with Crippen molar-refractivity contribution in [2.24, 2.45) is 0 Å². The summed E-state index contributed by atoms with van der Waals surface area (Å²) in [6.45, 7) is -0.144. The zero-order valence-corrected chi connectivity index (χ0v) is 12.5. The van der Waals surface area contributed by atoms with Gasteiger partial charge in [-0.15, -0.1) is 0 Å². The molecule has 126 valence electrons. The monoisotopic (exact) mass is 335 g/mol. The van der Waals surface area contributed by atoms with E-state index in [1.807, 2.05) is 0 Å². The molecule has 0 saturated heterocycles. The highest BCUT2D eigenvalue weighted by molar-refractivity contribution is 6.06. The van der Waals surface area contributed by atoms with E-state index in [-0.39, 0.29) is 30.1 Å². The minimum atomic E-state index is -0.825. The van der Waals surface area contributed by atoms with Crippen molar-refractivity contribution in [2.75, 3.05) is 23.8 Å². The molecule has 24 heavy (non-hydrogen) atoms. The first kappa shape index (κ1) is 17.4. The first-order chi connectivity index (χ1) is 11.5. The van der Waals surface area contributed by atoms with Crippen molar-refractivity contribution < 1.29 is 23.5 Å². The van der Waals surface area contributed by atoms with Gasteiger partial charge in [-0.25, -0.2) is 13.6 Å². The summed E-state index contributed by atoms with van der Waals surface area (Å²) >= 11 is 0.